The molecule has 0 aliphatic carbocycles. The molecule has 15 heavy (non-hydrogen) atoms. The zero-order valence-electron chi connectivity index (χ0n) is 10.6. The van der Waals surface area contributed by atoms with Crippen LogP contribution in [0.25, 0.3) is 0 Å². The lowest BCUT2D eigenvalue weighted by atomic mass is 10.1. The third-order valence-electron chi connectivity index (χ3n) is 2.93. The van der Waals surface area contributed by atoms with E-state index in [-0.39, 0.29) is 0 Å². The van der Waals surface area contributed by atoms with Crippen LogP contribution < -0.4 is 5.32 Å². The number of rotatable bonds is 5. The lowest BCUT2D eigenvalue weighted by Crippen LogP contribution is -2.46. The monoisotopic (exact) mass is 214 g/mol. The van der Waals surface area contributed by atoms with Crippen LogP contribution in [0, 0.1) is 5.92 Å². The molecule has 0 spiro atoms. The lowest BCUT2D eigenvalue weighted by molar-refractivity contribution is -0.00619. The molecule has 3 heteroatoms. The summed E-state index contributed by atoms with van der Waals surface area (Å²) in [5, 5.41) is 3.49. The predicted molar refractivity (Wildman–Crippen MR) is 64.2 cm³/mol. The van der Waals surface area contributed by atoms with Gasteiger partial charge in [0.2, 0.25) is 0 Å². The van der Waals surface area contributed by atoms with Crippen LogP contribution >= 0.6 is 0 Å². The van der Waals surface area contributed by atoms with Gasteiger partial charge in [0.15, 0.2) is 0 Å². The van der Waals surface area contributed by atoms with Gasteiger partial charge >= 0.3 is 0 Å². The van der Waals surface area contributed by atoms with Gasteiger partial charge in [0.25, 0.3) is 0 Å². The van der Waals surface area contributed by atoms with Gasteiger partial charge in [0.1, 0.15) is 0 Å². The Morgan fingerprint density at radius 2 is 2.13 bits per heavy atom. The van der Waals surface area contributed by atoms with Crippen molar-refractivity contribution in [3.05, 3.63) is 0 Å². The van der Waals surface area contributed by atoms with Crippen molar-refractivity contribution >= 4 is 0 Å². The molecule has 90 valence electrons. The second-order valence-electron chi connectivity index (χ2n) is 5.09. The minimum atomic E-state index is 0.584. The molecular weight excluding hydrogens is 188 g/mol. The topological polar surface area (TPSA) is 24.5 Å². The van der Waals surface area contributed by atoms with Gasteiger partial charge in [-0.25, -0.2) is 0 Å². The fourth-order valence-corrected chi connectivity index (χ4v) is 1.93. The van der Waals surface area contributed by atoms with Crippen molar-refractivity contribution < 1.29 is 4.74 Å². The van der Waals surface area contributed by atoms with Gasteiger partial charge in [0, 0.05) is 25.2 Å². The minimum Gasteiger partial charge on any atom is -0.379 e. The first kappa shape index (κ1) is 12.9. The molecule has 0 aromatic heterocycles. The normalized spacial score (nSPS) is 25.8. The van der Waals surface area contributed by atoms with Gasteiger partial charge in [0.05, 0.1) is 13.2 Å². The zero-order valence-corrected chi connectivity index (χ0v) is 10.6. The van der Waals surface area contributed by atoms with Crippen molar-refractivity contribution in [2.75, 3.05) is 32.8 Å². The third-order valence-corrected chi connectivity index (χ3v) is 2.93. The van der Waals surface area contributed by atoms with Crippen LogP contribution in [0.4, 0.5) is 0 Å². The second kappa shape index (κ2) is 6.46. The summed E-state index contributed by atoms with van der Waals surface area (Å²) in [6.07, 6.45) is 0. The van der Waals surface area contributed by atoms with Gasteiger partial charge in [-0.05, 0) is 19.4 Å². The van der Waals surface area contributed by atoms with Crippen molar-refractivity contribution in [2.45, 2.75) is 39.8 Å². The Hall–Kier alpha value is -0.120. The van der Waals surface area contributed by atoms with Crippen LogP contribution in [0.5, 0.6) is 0 Å². The SMILES string of the molecule is CC(CNC(C)C)CN1CCOCC1C. The number of nitrogens with one attached hydrogen (secondary N) is 1. The van der Waals surface area contributed by atoms with Gasteiger partial charge in [-0.2, -0.15) is 0 Å². The van der Waals surface area contributed by atoms with Crippen LogP contribution in [0.15, 0.2) is 0 Å². The smallest absolute Gasteiger partial charge is 0.0619 e. The molecule has 1 aliphatic rings. The summed E-state index contributed by atoms with van der Waals surface area (Å²) in [7, 11) is 0. The highest BCUT2D eigenvalue weighted by Crippen LogP contribution is 2.09. The molecule has 1 rings (SSSR count). The van der Waals surface area contributed by atoms with E-state index >= 15 is 0 Å². The Bertz CT molecular complexity index is 173. The molecule has 3 nitrogen and oxygen atoms in total. The summed E-state index contributed by atoms with van der Waals surface area (Å²) < 4.78 is 5.43. The summed E-state index contributed by atoms with van der Waals surface area (Å²) in [5.41, 5.74) is 0. The third kappa shape index (κ3) is 4.96. The van der Waals surface area contributed by atoms with Crippen molar-refractivity contribution in [3.8, 4) is 0 Å². The summed E-state index contributed by atoms with van der Waals surface area (Å²) in [6.45, 7) is 14.1. The number of hydrogen-bond acceptors (Lipinski definition) is 3. The lowest BCUT2D eigenvalue weighted by Gasteiger charge is -2.35. The predicted octanol–water partition coefficient (Wildman–Crippen LogP) is 1.34. The quantitative estimate of drug-likeness (QED) is 0.747. The van der Waals surface area contributed by atoms with E-state index < -0.39 is 0 Å². The molecule has 1 N–H and O–H groups in total. The molecule has 2 unspecified atom stereocenters. The molecule has 0 bridgehead atoms. The van der Waals surface area contributed by atoms with E-state index in [0.717, 1.165) is 26.3 Å². The number of nitrogens with zero attached hydrogens (tertiary/aromatic N) is 1. The summed E-state index contributed by atoms with van der Waals surface area (Å²) in [6, 6.07) is 1.18. The second-order valence-corrected chi connectivity index (χ2v) is 5.09. The molecule has 1 heterocycles. The molecule has 0 aromatic carbocycles. The van der Waals surface area contributed by atoms with E-state index in [0.29, 0.717) is 18.0 Å². The van der Waals surface area contributed by atoms with Gasteiger partial charge < -0.3 is 10.1 Å². The van der Waals surface area contributed by atoms with E-state index in [1.165, 1.54) is 6.54 Å². The summed E-state index contributed by atoms with van der Waals surface area (Å²) >= 11 is 0. The van der Waals surface area contributed by atoms with Gasteiger partial charge in [-0.15, -0.1) is 0 Å². The van der Waals surface area contributed by atoms with Gasteiger partial charge in [-0.1, -0.05) is 20.8 Å². The van der Waals surface area contributed by atoms with Crippen LogP contribution in [0.3, 0.4) is 0 Å². The van der Waals surface area contributed by atoms with Crippen molar-refractivity contribution in [3.63, 3.8) is 0 Å². The standard InChI is InChI=1S/C12H26N2O/c1-10(2)13-7-11(3)8-14-5-6-15-9-12(14)4/h10-13H,5-9H2,1-4H3. The van der Waals surface area contributed by atoms with E-state index in [4.69, 9.17) is 4.74 Å². The fraction of sp³-hybridized carbons (Fsp3) is 1.00. The molecule has 2 atom stereocenters. The fourth-order valence-electron chi connectivity index (χ4n) is 1.93. The van der Waals surface area contributed by atoms with E-state index in [1.54, 1.807) is 0 Å². The average molecular weight is 214 g/mol. The maximum atomic E-state index is 5.43. The van der Waals surface area contributed by atoms with Crippen LogP contribution in [-0.2, 0) is 4.74 Å². The molecule has 0 radical (unpaired) electrons. The molecule has 0 amide bonds. The largest absolute Gasteiger partial charge is 0.379 e. The van der Waals surface area contributed by atoms with E-state index in [2.05, 4.69) is 37.9 Å². The maximum Gasteiger partial charge on any atom is 0.0619 e. The first-order valence-electron chi connectivity index (χ1n) is 6.14. The first-order valence-corrected chi connectivity index (χ1v) is 6.14. The Morgan fingerprint density at radius 3 is 2.73 bits per heavy atom. The molecule has 1 aliphatic heterocycles. The minimum absolute atomic E-state index is 0.584. The van der Waals surface area contributed by atoms with Crippen LogP contribution in [0.2, 0.25) is 0 Å². The summed E-state index contributed by atoms with van der Waals surface area (Å²) in [5.74, 6) is 0.716. The molecule has 1 fully saturated rings. The molecule has 0 saturated carbocycles. The van der Waals surface area contributed by atoms with Crippen molar-refractivity contribution in [1.29, 1.82) is 0 Å². The molecule has 0 aromatic rings. The molecular formula is C12H26N2O. The highest BCUT2D eigenvalue weighted by molar-refractivity contribution is 4.74. The van der Waals surface area contributed by atoms with E-state index in [9.17, 15) is 0 Å². The van der Waals surface area contributed by atoms with E-state index in [1.807, 2.05) is 0 Å². The van der Waals surface area contributed by atoms with Crippen LogP contribution in [-0.4, -0.2) is 49.8 Å². The highest BCUT2D eigenvalue weighted by atomic mass is 16.5. The first-order chi connectivity index (χ1) is 7.09. The number of hydrogen-bond donors (Lipinski definition) is 1. The number of ether oxygens (including phenoxy) is 1. The summed E-state index contributed by atoms with van der Waals surface area (Å²) in [4.78, 5) is 2.54. The zero-order chi connectivity index (χ0) is 11.3. The Kier molecular flexibility index (Phi) is 5.58. The van der Waals surface area contributed by atoms with Gasteiger partial charge in [-0.3, -0.25) is 4.90 Å². The Balaban J connectivity index is 2.20. The Morgan fingerprint density at radius 1 is 1.40 bits per heavy atom. The Labute approximate surface area is 94.2 Å². The number of morpholine rings is 1. The van der Waals surface area contributed by atoms with Crippen molar-refractivity contribution in [1.82, 2.24) is 10.2 Å². The van der Waals surface area contributed by atoms with Crippen LogP contribution in [0.1, 0.15) is 27.7 Å². The molecule has 1 saturated heterocycles. The highest BCUT2D eigenvalue weighted by Gasteiger charge is 2.20. The maximum absolute atomic E-state index is 5.43. The average Bonchev–Trinajstić information content (AvgIpc) is 2.18. The van der Waals surface area contributed by atoms with Crippen molar-refractivity contribution in [2.24, 2.45) is 5.92 Å².